The van der Waals surface area contributed by atoms with Gasteiger partial charge in [-0.3, -0.25) is 0 Å². The molecule has 0 bridgehead atoms. The van der Waals surface area contributed by atoms with Crippen LogP contribution in [-0.4, -0.2) is 15.8 Å². The predicted molar refractivity (Wildman–Crippen MR) is 108 cm³/mol. The molecule has 0 amide bonds. The van der Waals surface area contributed by atoms with Crippen LogP contribution in [0.1, 0.15) is 97.0 Å². The first-order valence-corrected chi connectivity index (χ1v) is 9.92. The molecule has 1 aromatic carbocycles. The van der Waals surface area contributed by atoms with Gasteiger partial charge >= 0.3 is 0 Å². The molecule has 0 radical (unpaired) electrons. The molecule has 25 heavy (non-hydrogen) atoms. The zero-order chi connectivity index (χ0) is 17.9. The van der Waals surface area contributed by atoms with Gasteiger partial charge in [-0.25, -0.2) is 0 Å². The van der Waals surface area contributed by atoms with Crippen LogP contribution in [0.15, 0.2) is 30.3 Å². The highest BCUT2D eigenvalue weighted by atomic mass is 16.4. The first-order chi connectivity index (χ1) is 11.4. The Kier molecular flexibility index (Phi) is 12.0. The van der Waals surface area contributed by atoms with Crippen molar-refractivity contribution in [3.63, 3.8) is 0 Å². The molecule has 2 atom stereocenters. The first-order valence-electron chi connectivity index (χ1n) is 9.92. The van der Waals surface area contributed by atoms with E-state index in [-0.39, 0.29) is 6.15 Å². The second kappa shape index (κ2) is 12.5. The number of hydrogen-bond acceptors (Lipinski definition) is 3. The third-order valence-corrected chi connectivity index (χ3v) is 5.40. The fourth-order valence-corrected chi connectivity index (χ4v) is 3.27. The summed E-state index contributed by atoms with van der Waals surface area (Å²) in [6, 6.07) is 9.50. The molecule has 0 aliphatic rings. The molecule has 0 saturated heterocycles. The maximum atomic E-state index is 10.8. The Labute approximate surface area is 155 Å². The Morgan fingerprint density at radius 1 is 0.720 bits per heavy atom. The minimum Gasteiger partial charge on any atom is -0.387 e. The summed E-state index contributed by atoms with van der Waals surface area (Å²) < 4.78 is 0. The summed E-state index contributed by atoms with van der Waals surface area (Å²) in [5.41, 5.74) is -1.54. The van der Waals surface area contributed by atoms with Crippen molar-refractivity contribution in [2.75, 3.05) is 0 Å². The molecule has 0 aliphatic carbocycles. The van der Waals surface area contributed by atoms with E-state index in [4.69, 9.17) is 0 Å². The van der Waals surface area contributed by atoms with Crippen molar-refractivity contribution in [1.82, 2.24) is 6.15 Å². The van der Waals surface area contributed by atoms with Crippen LogP contribution >= 0.6 is 0 Å². The molecule has 2 unspecified atom stereocenters. The van der Waals surface area contributed by atoms with Crippen LogP contribution in [0.2, 0.25) is 0 Å². The molecule has 5 N–H and O–H groups in total. The van der Waals surface area contributed by atoms with E-state index in [0.717, 1.165) is 18.4 Å². The van der Waals surface area contributed by atoms with Crippen molar-refractivity contribution in [3.8, 4) is 0 Å². The van der Waals surface area contributed by atoms with Crippen LogP contribution in [0.3, 0.4) is 0 Å². The molecule has 1 rings (SSSR count). The van der Waals surface area contributed by atoms with E-state index in [0.29, 0.717) is 6.42 Å². The highest BCUT2D eigenvalue weighted by Crippen LogP contribution is 2.36. The van der Waals surface area contributed by atoms with Crippen molar-refractivity contribution in [2.45, 2.75) is 103 Å². The van der Waals surface area contributed by atoms with E-state index in [9.17, 15) is 10.2 Å². The van der Waals surface area contributed by atoms with Gasteiger partial charge in [0.05, 0.1) is 5.60 Å². The van der Waals surface area contributed by atoms with Gasteiger partial charge in [-0.15, -0.1) is 0 Å². The second-order valence-corrected chi connectivity index (χ2v) is 7.64. The van der Waals surface area contributed by atoms with Crippen molar-refractivity contribution in [1.29, 1.82) is 0 Å². The normalized spacial score (nSPS) is 15.9. The van der Waals surface area contributed by atoms with Crippen LogP contribution in [0, 0.1) is 0 Å². The summed E-state index contributed by atoms with van der Waals surface area (Å²) in [6.45, 7) is 5.73. The number of unbranched alkanes of at least 4 members (excludes halogenated alkanes) is 9. The van der Waals surface area contributed by atoms with E-state index in [1.165, 1.54) is 51.4 Å². The van der Waals surface area contributed by atoms with E-state index in [1.807, 2.05) is 30.3 Å². The van der Waals surface area contributed by atoms with Crippen molar-refractivity contribution >= 4 is 0 Å². The average Bonchev–Trinajstić information content (AvgIpc) is 2.57. The van der Waals surface area contributed by atoms with E-state index in [1.54, 1.807) is 13.8 Å². The Morgan fingerprint density at radius 3 is 1.64 bits per heavy atom. The van der Waals surface area contributed by atoms with Crippen molar-refractivity contribution in [2.24, 2.45) is 0 Å². The molecular formula is C22H41NO2. The maximum absolute atomic E-state index is 10.8. The van der Waals surface area contributed by atoms with E-state index >= 15 is 0 Å². The fraction of sp³-hybridized carbons (Fsp3) is 0.727. The van der Waals surface area contributed by atoms with Gasteiger partial charge in [-0.1, -0.05) is 101 Å². The Bertz CT molecular complexity index is 429. The predicted octanol–water partition coefficient (Wildman–Crippen LogP) is 6.12. The van der Waals surface area contributed by atoms with E-state index < -0.39 is 11.2 Å². The maximum Gasteiger partial charge on any atom is 0.115 e. The largest absolute Gasteiger partial charge is 0.387 e. The lowest BCUT2D eigenvalue weighted by Gasteiger charge is -2.39. The molecule has 1 aromatic rings. The van der Waals surface area contributed by atoms with Crippen LogP contribution < -0.4 is 6.15 Å². The molecule has 0 fully saturated rings. The smallest absolute Gasteiger partial charge is 0.115 e. The minimum absolute atomic E-state index is 0. The van der Waals surface area contributed by atoms with Gasteiger partial charge in [-0.05, 0) is 25.8 Å². The summed E-state index contributed by atoms with van der Waals surface area (Å²) in [7, 11) is 0. The number of benzene rings is 1. The topological polar surface area (TPSA) is 75.5 Å². The van der Waals surface area contributed by atoms with Gasteiger partial charge in [0.1, 0.15) is 5.60 Å². The van der Waals surface area contributed by atoms with Gasteiger partial charge in [0.2, 0.25) is 0 Å². The van der Waals surface area contributed by atoms with Gasteiger partial charge in [-0.2, -0.15) is 0 Å². The van der Waals surface area contributed by atoms with Crippen LogP contribution in [0.5, 0.6) is 0 Å². The summed E-state index contributed by atoms with van der Waals surface area (Å²) in [5.74, 6) is 0. The number of aliphatic hydroxyl groups is 2. The highest BCUT2D eigenvalue weighted by molar-refractivity contribution is 5.24. The molecular weight excluding hydrogens is 310 g/mol. The Hall–Kier alpha value is -0.900. The summed E-state index contributed by atoms with van der Waals surface area (Å²) in [5, 5.41) is 21.6. The second-order valence-electron chi connectivity index (χ2n) is 7.64. The van der Waals surface area contributed by atoms with Crippen LogP contribution in [0.4, 0.5) is 0 Å². The lowest BCUT2D eigenvalue weighted by Crippen LogP contribution is -2.47. The summed E-state index contributed by atoms with van der Waals surface area (Å²) >= 11 is 0. The summed E-state index contributed by atoms with van der Waals surface area (Å²) in [6.07, 6.45) is 13.4. The zero-order valence-corrected chi connectivity index (χ0v) is 16.8. The Balaban J connectivity index is 0.00000576. The fourth-order valence-electron chi connectivity index (χ4n) is 3.27. The van der Waals surface area contributed by atoms with Crippen molar-refractivity contribution < 1.29 is 10.2 Å². The molecule has 3 nitrogen and oxygen atoms in total. The van der Waals surface area contributed by atoms with Crippen LogP contribution in [0.25, 0.3) is 0 Å². The highest BCUT2D eigenvalue weighted by Gasteiger charge is 2.42. The Morgan fingerprint density at radius 2 is 1.16 bits per heavy atom. The quantitative estimate of drug-likeness (QED) is 0.375. The third kappa shape index (κ3) is 8.35. The molecule has 0 heterocycles. The van der Waals surface area contributed by atoms with Crippen LogP contribution in [-0.2, 0) is 5.60 Å². The van der Waals surface area contributed by atoms with E-state index in [2.05, 4.69) is 6.92 Å². The summed E-state index contributed by atoms with van der Waals surface area (Å²) in [4.78, 5) is 0. The monoisotopic (exact) mass is 351 g/mol. The molecule has 0 saturated carbocycles. The molecule has 0 spiro atoms. The molecule has 146 valence electrons. The van der Waals surface area contributed by atoms with Gasteiger partial charge < -0.3 is 16.4 Å². The molecule has 3 heteroatoms. The van der Waals surface area contributed by atoms with Gasteiger partial charge in [0.15, 0.2) is 0 Å². The van der Waals surface area contributed by atoms with Gasteiger partial charge in [0, 0.05) is 0 Å². The lowest BCUT2D eigenvalue weighted by atomic mass is 9.77. The SMILES string of the molecule is CCCCCCCCCCCCC(C)(O)C(C)(O)c1ccccc1.N. The minimum atomic E-state index is -1.21. The number of hydrogen-bond donors (Lipinski definition) is 3. The molecule has 0 aromatic heterocycles. The average molecular weight is 352 g/mol. The third-order valence-electron chi connectivity index (χ3n) is 5.40. The van der Waals surface area contributed by atoms with Crippen molar-refractivity contribution in [3.05, 3.63) is 35.9 Å². The first kappa shape index (κ1) is 24.1. The van der Waals surface area contributed by atoms with Gasteiger partial charge in [0.25, 0.3) is 0 Å². The number of rotatable bonds is 13. The lowest BCUT2D eigenvalue weighted by molar-refractivity contribution is -0.141. The zero-order valence-electron chi connectivity index (χ0n) is 16.8. The standard InChI is InChI=1S/C22H38O2.H3N/c1-4-5-6-7-8-9-10-11-12-16-19-21(2,23)22(3,24)20-17-14-13-15-18-20;/h13-15,17-18,23-24H,4-12,16,19H2,1-3H3;1H3. The molecule has 0 aliphatic heterocycles.